The fraction of sp³-hybridized carbons (Fsp3) is 0.550. The van der Waals surface area contributed by atoms with Crippen LogP contribution in [0.4, 0.5) is 0 Å². The van der Waals surface area contributed by atoms with Crippen LogP contribution >= 0.6 is 11.8 Å². The molecule has 28 heavy (non-hydrogen) atoms. The molecular weight excluding hydrogens is 378 g/mol. The summed E-state index contributed by atoms with van der Waals surface area (Å²) in [5, 5.41) is 14.0. The van der Waals surface area contributed by atoms with Gasteiger partial charge in [-0.3, -0.25) is 9.80 Å². The molecule has 1 saturated heterocycles. The first-order valence-corrected chi connectivity index (χ1v) is 10.7. The maximum absolute atomic E-state index is 10.3. The summed E-state index contributed by atoms with van der Waals surface area (Å²) < 4.78 is 16.5. The monoisotopic (exact) mass is 407 g/mol. The van der Waals surface area contributed by atoms with Gasteiger partial charge in [-0.25, -0.2) is 0 Å². The molecule has 0 radical (unpaired) electrons. The van der Waals surface area contributed by atoms with Gasteiger partial charge in [-0.2, -0.15) is 11.8 Å². The van der Waals surface area contributed by atoms with E-state index in [0.29, 0.717) is 24.6 Å². The van der Waals surface area contributed by atoms with Crippen LogP contribution in [0.5, 0.6) is 11.5 Å². The molecule has 1 aliphatic heterocycles. The van der Waals surface area contributed by atoms with E-state index in [1.54, 1.807) is 13.3 Å². The average molecular weight is 408 g/mol. The first-order valence-electron chi connectivity index (χ1n) is 9.50. The Morgan fingerprint density at radius 3 is 2.79 bits per heavy atom. The first-order chi connectivity index (χ1) is 13.6. The number of nitrogens with zero attached hydrogens (tertiary/aromatic N) is 3. The Labute approximate surface area is 170 Å². The van der Waals surface area contributed by atoms with Crippen molar-refractivity contribution >= 4 is 11.8 Å². The third kappa shape index (κ3) is 6.41. The minimum Gasteiger partial charge on any atom is -0.493 e. The number of ether oxygens (including phenoxy) is 2. The van der Waals surface area contributed by atoms with E-state index >= 15 is 0 Å². The summed E-state index contributed by atoms with van der Waals surface area (Å²) in [6.07, 6.45) is 1.14. The predicted molar refractivity (Wildman–Crippen MR) is 110 cm³/mol. The quantitative estimate of drug-likeness (QED) is 0.642. The average Bonchev–Trinajstić information content (AvgIpc) is 3.20. The molecule has 154 valence electrons. The minimum atomic E-state index is -0.513. The van der Waals surface area contributed by atoms with Gasteiger partial charge in [0.15, 0.2) is 17.3 Å². The number of rotatable bonds is 10. The molecule has 1 atom stereocenters. The van der Waals surface area contributed by atoms with Gasteiger partial charge in [-0.15, -0.1) is 0 Å². The lowest BCUT2D eigenvalue weighted by Gasteiger charge is -2.28. The van der Waals surface area contributed by atoms with Crippen molar-refractivity contribution in [1.29, 1.82) is 0 Å². The summed E-state index contributed by atoms with van der Waals surface area (Å²) >= 11 is 1.96. The Balaban J connectivity index is 1.50. The number of aromatic nitrogens is 1. The lowest BCUT2D eigenvalue weighted by molar-refractivity contribution is 0.0704. The Kier molecular flexibility index (Phi) is 8.02. The van der Waals surface area contributed by atoms with Crippen molar-refractivity contribution in [2.24, 2.45) is 0 Å². The van der Waals surface area contributed by atoms with E-state index in [4.69, 9.17) is 14.0 Å². The third-order valence-corrected chi connectivity index (χ3v) is 5.54. The summed E-state index contributed by atoms with van der Waals surface area (Å²) in [5.74, 6) is 4.42. The second-order valence-corrected chi connectivity index (χ2v) is 8.24. The van der Waals surface area contributed by atoms with E-state index in [-0.39, 0.29) is 6.61 Å². The second-order valence-electron chi connectivity index (χ2n) is 7.01. The molecule has 2 aromatic rings. The summed E-state index contributed by atoms with van der Waals surface area (Å²) in [7, 11) is 3.65. The van der Waals surface area contributed by atoms with Gasteiger partial charge in [0, 0.05) is 43.8 Å². The van der Waals surface area contributed by atoms with Crippen molar-refractivity contribution in [2.75, 3.05) is 51.9 Å². The number of hydrogen-bond donors (Lipinski definition) is 1. The normalized spacial score (nSPS) is 16.3. The van der Waals surface area contributed by atoms with Crippen molar-refractivity contribution in [1.82, 2.24) is 15.0 Å². The van der Waals surface area contributed by atoms with Gasteiger partial charge >= 0.3 is 0 Å². The van der Waals surface area contributed by atoms with E-state index in [1.807, 2.05) is 43.1 Å². The smallest absolute Gasteiger partial charge is 0.161 e. The molecule has 0 saturated carbocycles. The highest BCUT2D eigenvalue weighted by atomic mass is 32.2. The number of hydrogen-bond acceptors (Lipinski definition) is 8. The summed E-state index contributed by atoms with van der Waals surface area (Å²) in [5.41, 5.74) is 1.11. The van der Waals surface area contributed by atoms with Crippen LogP contribution in [0.15, 0.2) is 35.0 Å². The molecule has 1 aromatic heterocycles. The molecule has 1 N–H and O–H groups in total. The SMILES string of the molecule is COc1cc(CN(C)Cc2ccno2)ccc1OCC(O)CN1CCSCC1. The highest BCUT2D eigenvalue weighted by Crippen LogP contribution is 2.29. The fourth-order valence-corrected chi connectivity index (χ4v) is 4.19. The van der Waals surface area contributed by atoms with Gasteiger partial charge in [0.2, 0.25) is 0 Å². The number of benzene rings is 1. The van der Waals surface area contributed by atoms with Crippen LogP contribution in [-0.4, -0.2) is 78.1 Å². The molecule has 7 nitrogen and oxygen atoms in total. The van der Waals surface area contributed by atoms with Crippen molar-refractivity contribution in [3.8, 4) is 11.5 Å². The summed E-state index contributed by atoms with van der Waals surface area (Å²) in [4.78, 5) is 4.42. The van der Waals surface area contributed by atoms with E-state index in [2.05, 4.69) is 15.0 Å². The van der Waals surface area contributed by atoms with Gasteiger partial charge in [-0.1, -0.05) is 11.2 Å². The topological polar surface area (TPSA) is 71.2 Å². The van der Waals surface area contributed by atoms with Crippen molar-refractivity contribution in [3.63, 3.8) is 0 Å². The molecule has 0 spiro atoms. The molecular formula is C20H29N3O4S. The van der Waals surface area contributed by atoms with Gasteiger partial charge in [-0.05, 0) is 24.7 Å². The molecule has 8 heteroatoms. The van der Waals surface area contributed by atoms with Crippen LogP contribution in [-0.2, 0) is 13.1 Å². The fourth-order valence-electron chi connectivity index (χ4n) is 3.21. The number of thioether (sulfide) groups is 1. The lowest BCUT2D eigenvalue weighted by Crippen LogP contribution is -2.40. The first kappa shape index (κ1) is 21.0. The standard InChI is InChI=1S/C20H29N3O4S/c1-22(14-18-5-6-21-27-18)12-16-3-4-19(20(11-16)25-2)26-15-17(24)13-23-7-9-28-10-8-23/h3-6,11,17,24H,7-10,12-15H2,1-2H3. The lowest BCUT2D eigenvalue weighted by atomic mass is 10.2. The number of aliphatic hydroxyl groups excluding tert-OH is 1. The highest BCUT2D eigenvalue weighted by molar-refractivity contribution is 7.99. The van der Waals surface area contributed by atoms with Crippen LogP contribution in [0.2, 0.25) is 0 Å². The summed E-state index contributed by atoms with van der Waals surface area (Å²) in [6.45, 7) is 4.38. The van der Waals surface area contributed by atoms with Crippen molar-refractivity contribution in [3.05, 3.63) is 41.8 Å². The van der Waals surface area contributed by atoms with Gasteiger partial charge in [0.1, 0.15) is 12.7 Å². The highest BCUT2D eigenvalue weighted by Gasteiger charge is 2.16. The summed E-state index contributed by atoms with van der Waals surface area (Å²) in [6, 6.07) is 7.76. The second kappa shape index (κ2) is 10.7. The zero-order valence-electron chi connectivity index (χ0n) is 16.5. The van der Waals surface area contributed by atoms with Crippen LogP contribution in [0, 0.1) is 0 Å². The van der Waals surface area contributed by atoms with Gasteiger partial charge in [0.25, 0.3) is 0 Å². The Morgan fingerprint density at radius 2 is 2.07 bits per heavy atom. The van der Waals surface area contributed by atoms with Crippen LogP contribution in [0.1, 0.15) is 11.3 Å². The van der Waals surface area contributed by atoms with Gasteiger partial charge in [0.05, 0.1) is 19.9 Å². The molecule has 3 rings (SSSR count). The Hall–Kier alpha value is -1.74. The molecule has 2 heterocycles. The number of aliphatic hydroxyl groups is 1. The Bertz CT molecular complexity index is 707. The van der Waals surface area contributed by atoms with Crippen LogP contribution in [0.3, 0.4) is 0 Å². The third-order valence-electron chi connectivity index (χ3n) is 4.60. The largest absolute Gasteiger partial charge is 0.493 e. The van der Waals surface area contributed by atoms with E-state index in [9.17, 15) is 5.11 Å². The molecule has 1 aliphatic rings. The predicted octanol–water partition coefficient (Wildman–Crippen LogP) is 2.10. The van der Waals surface area contributed by atoms with Crippen LogP contribution < -0.4 is 9.47 Å². The molecule has 1 unspecified atom stereocenters. The maximum Gasteiger partial charge on any atom is 0.161 e. The van der Waals surface area contributed by atoms with Gasteiger partial charge < -0.3 is 19.1 Å². The molecule has 0 amide bonds. The zero-order chi connectivity index (χ0) is 19.8. The Morgan fingerprint density at radius 1 is 1.25 bits per heavy atom. The van der Waals surface area contributed by atoms with Crippen LogP contribution in [0.25, 0.3) is 0 Å². The molecule has 0 bridgehead atoms. The zero-order valence-corrected chi connectivity index (χ0v) is 17.4. The van der Waals surface area contributed by atoms with E-state index in [1.165, 1.54) is 0 Å². The maximum atomic E-state index is 10.3. The van der Waals surface area contributed by atoms with Crippen molar-refractivity contribution < 1.29 is 19.1 Å². The van der Waals surface area contributed by atoms with E-state index < -0.39 is 6.10 Å². The molecule has 1 fully saturated rings. The van der Waals surface area contributed by atoms with E-state index in [0.717, 1.165) is 42.5 Å². The minimum absolute atomic E-state index is 0.255. The number of methoxy groups -OCH3 is 1. The van der Waals surface area contributed by atoms with Crippen molar-refractivity contribution in [2.45, 2.75) is 19.2 Å². The number of β-amino-alcohol motifs (C(OH)–C–C–N with tert-alkyl or cyclic N) is 1. The molecule has 0 aliphatic carbocycles. The molecule has 1 aromatic carbocycles.